The number of fused-ring (bicyclic) bond motifs is 6. The van der Waals surface area contributed by atoms with Crippen molar-refractivity contribution in [2.75, 3.05) is 0 Å². The first-order valence-corrected chi connectivity index (χ1v) is 14.0. The van der Waals surface area contributed by atoms with Crippen LogP contribution in [0.3, 0.4) is 0 Å². The van der Waals surface area contributed by atoms with Crippen molar-refractivity contribution >= 4 is 39.9 Å². The summed E-state index contributed by atoms with van der Waals surface area (Å²) in [5.41, 5.74) is 12.0. The first-order valence-electron chi connectivity index (χ1n) is 14.0. The summed E-state index contributed by atoms with van der Waals surface area (Å²) >= 11 is 0. The minimum absolute atomic E-state index is 0.0553. The van der Waals surface area contributed by atoms with Crippen molar-refractivity contribution in [3.8, 4) is 11.4 Å². The average Bonchev–Trinajstić information content (AvgIpc) is 3.60. The van der Waals surface area contributed by atoms with Gasteiger partial charge in [0.05, 0.1) is 41.3 Å². The van der Waals surface area contributed by atoms with Gasteiger partial charge in [0.2, 0.25) is 0 Å². The van der Waals surface area contributed by atoms with Crippen LogP contribution in [0.25, 0.3) is 33.2 Å². The fourth-order valence-electron chi connectivity index (χ4n) is 6.08. The summed E-state index contributed by atoms with van der Waals surface area (Å²) in [6.45, 7) is 1.65. The van der Waals surface area contributed by atoms with E-state index in [0.29, 0.717) is 28.9 Å². The first kappa shape index (κ1) is 26.7. The predicted molar refractivity (Wildman–Crippen MR) is 160 cm³/mol. The lowest BCUT2D eigenvalue weighted by atomic mass is 9.86. The highest BCUT2D eigenvalue weighted by atomic mass is 16.6. The van der Waals surface area contributed by atoms with Gasteiger partial charge >= 0.3 is 5.97 Å². The Morgan fingerprint density at radius 2 is 1.98 bits per heavy atom. The third kappa shape index (κ3) is 4.16. The van der Waals surface area contributed by atoms with Gasteiger partial charge in [-0.3, -0.25) is 9.59 Å². The molecule has 7 rings (SSSR count). The van der Waals surface area contributed by atoms with Crippen LogP contribution in [0.2, 0.25) is 0 Å². The normalized spacial score (nSPS) is 18.0. The lowest BCUT2D eigenvalue weighted by Gasteiger charge is -2.31. The zero-order valence-corrected chi connectivity index (χ0v) is 23.3. The number of benzene rings is 2. The summed E-state index contributed by atoms with van der Waals surface area (Å²) in [5.74, 6) is -1.21. The Hall–Kier alpha value is -5.13. The van der Waals surface area contributed by atoms with Gasteiger partial charge in [0.15, 0.2) is 5.60 Å². The van der Waals surface area contributed by atoms with E-state index < -0.39 is 23.5 Å². The molecule has 216 valence electrons. The molecule has 0 radical (unpaired) electrons. The molecule has 0 aliphatic carbocycles. The van der Waals surface area contributed by atoms with Crippen molar-refractivity contribution < 1.29 is 19.4 Å². The summed E-state index contributed by atoms with van der Waals surface area (Å²) < 4.78 is 6.74. The molecule has 1 unspecified atom stereocenters. The topological polar surface area (TPSA) is 165 Å². The number of cyclic esters (lactones) is 1. The SMILES string of the molecule is CC[C@@]1(O)C(=O)OCc2c1cc1n(c2=O)Cc2c-1nc1ccccc1c2C=NNC(=O)C(N)Cc1c[nH]c2ccccc12. The van der Waals surface area contributed by atoms with Crippen LogP contribution >= 0.6 is 0 Å². The summed E-state index contributed by atoms with van der Waals surface area (Å²) in [5, 5.41) is 17.2. The second kappa shape index (κ2) is 10.0. The van der Waals surface area contributed by atoms with Crippen LogP contribution in [0.1, 0.15) is 41.2 Å². The van der Waals surface area contributed by atoms with Crippen molar-refractivity contribution in [1.82, 2.24) is 20.0 Å². The Bertz CT molecular complexity index is 2060. The van der Waals surface area contributed by atoms with Gasteiger partial charge in [0.1, 0.15) is 6.61 Å². The Labute approximate surface area is 245 Å². The monoisotopic (exact) mass is 576 g/mol. The van der Waals surface area contributed by atoms with E-state index >= 15 is 0 Å². The number of esters is 1. The Balaban J connectivity index is 1.23. The maximum absolute atomic E-state index is 13.6. The molecule has 2 aromatic carbocycles. The molecule has 0 saturated heterocycles. The van der Waals surface area contributed by atoms with Gasteiger partial charge in [-0.2, -0.15) is 5.10 Å². The van der Waals surface area contributed by atoms with Crippen molar-refractivity contribution in [1.29, 1.82) is 0 Å². The number of hydrogen-bond donors (Lipinski definition) is 4. The minimum atomic E-state index is -1.91. The van der Waals surface area contributed by atoms with Gasteiger partial charge in [0, 0.05) is 39.2 Å². The summed E-state index contributed by atoms with van der Waals surface area (Å²) in [6, 6.07) is 16.1. The molecule has 43 heavy (non-hydrogen) atoms. The van der Waals surface area contributed by atoms with Crippen LogP contribution in [-0.4, -0.2) is 43.8 Å². The fourth-order valence-corrected chi connectivity index (χ4v) is 6.08. The van der Waals surface area contributed by atoms with E-state index in [1.54, 1.807) is 23.8 Å². The highest BCUT2D eigenvalue weighted by Gasteiger charge is 2.45. The number of para-hydroxylation sites is 2. The number of pyridine rings is 2. The van der Waals surface area contributed by atoms with Crippen molar-refractivity contribution in [2.24, 2.45) is 10.8 Å². The van der Waals surface area contributed by atoms with Crippen LogP contribution in [0.4, 0.5) is 0 Å². The number of aromatic nitrogens is 3. The second-order valence-corrected chi connectivity index (χ2v) is 10.9. The smallest absolute Gasteiger partial charge is 0.343 e. The molecule has 5 heterocycles. The molecule has 2 atom stereocenters. The maximum atomic E-state index is 13.6. The Morgan fingerprint density at radius 3 is 2.79 bits per heavy atom. The lowest BCUT2D eigenvalue weighted by Crippen LogP contribution is -2.44. The molecule has 2 aliphatic rings. The van der Waals surface area contributed by atoms with E-state index in [1.165, 1.54) is 0 Å². The average molecular weight is 577 g/mol. The second-order valence-electron chi connectivity index (χ2n) is 10.9. The highest BCUT2D eigenvalue weighted by molar-refractivity contribution is 6.02. The van der Waals surface area contributed by atoms with E-state index in [4.69, 9.17) is 15.5 Å². The number of aromatic amines is 1. The first-order chi connectivity index (χ1) is 20.8. The number of nitrogens with zero attached hydrogens (tertiary/aromatic N) is 3. The molecular weight excluding hydrogens is 548 g/mol. The Kier molecular flexibility index (Phi) is 6.22. The molecular formula is C32H28N6O5. The van der Waals surface area contributed by atoms with Crippen LogP contribution in [0, 0.1) is 0 Å². The molecule has 11 heteroatoms. The summed E-state index contributed by atoms with van der Waals surface area (Å²) in [7, 11) is 0. The summed E-state index contributed by atoms with van der Waals surface area (Å²) in [4.78, 5) is 47.0. The van der Waals surface area contributed by atoms with Crippen LogP contribution < -0.4 is 16.7 Å². The van der Waals surface area contributed by atoms with Gasteiger partial charge < -0.3 is 25.1 Å². The van der Waals surface area contributed by atoms with E-state index in [1.807, 2.05) is 54.7 Å². The molecule has 5 aromatic rings. The zero-order chi connectivity index (χ0) is 29.9. The quantitative estimate of drug-likeness (QED) is 0.134. The fraction of sp³-hybridized carbons (Fsp3) is 0.219. The highest BCUT2D eigenvalue weighted by Crippen LogP contribution is 2.39. The van der Waals surface area contributed by atoms with Gasteiger partial charge in [-0.1, -0.05) is 43.3 Å². The van der Waals surface area contributed by atoms with Crippen LogP contribution in [0.15, 0.2) is 70.7 Å². The number of ether oxygens (including phenoxy) is 1. The van der Waals surface area contributed by atoms with E-state index in [-0.39, 0.29) is 36.3 Å². The number of nitrogens with two attached hydrogens (primary N) is 1. The number of nitrogens with one attached hydrogen (secondary N) is 2. The minimum Gasteiger partial charge on any atom is -0.458 e. The number of aliphatic hydroxyl groups is 1. The molecule has 0 bridgehead atoms. The van der Waals surface area contributed by atoms with E-state index in [0.717, 1.165) is 27.4 Å². The van der Waals surface area contributed by atoms with Gasteiger partial charge in [-0.05, 0) is 36.6 Å². The van der Waals surface area contributed by atoms with E-state index in [2.05, 4.69) is 15.5 Å². The molecule has 2 aliphatic heterocycles. The van der Waals surface area contributed by atoms with Crippen molar-refractivity contribution in [3.05, 3.63) is 99.0 Å². The molecule has 0 saturated carbocycles. The number of rotatable bonds is 6. The molecule has 5 N–H and O–H groups in total. The third-order valence-electron chi connectivity index (χ3n) is 8.46. The number of hydrazone groups is 1. The summed E-state index contributed by atoms with van der Waals surface area (Å²) in [6.07, 6.45) is 3.79. The largest absolute Gasteiger partial charge is 0.458 e. The number of carbonyl (C=O) groups is 2. The number of carbonyl (C=O) groups excluding carboxylic acids is 2. The zero-order valence-electron chi connectivity index (χ0n) is 23.3. The number of H-pyrrole nitrogens is 1. The molecule has 0 spiro atoms. The number of hydrogen-bond acceptors (Lipinski definition) is 8. The third-order valence-corrected chi connectivity index (χ3v) is 8.46. The standard InChI is InChI=1S/C32H28N6O5/c1-2-32(42)23-12-27-28-21(15-38(27)30(40)22(23)16-43-31(32)41)20(19-8-4-6-10-26(19)36-28)14-35-37-29(39)24(33)11-17-13-34-25-9-5-3-7-18(17)25/h3-10,12-14,24,34,42H,2,11,15-16,33H2,1H3,(H,37,39)/t24?,32-/m0/s1. The van der Waals surface area contributed by atoms with Crippen LogP contribution in [-0.2, 0) is 39.5 Å². The van der Waals surface area contributed by atoms with Gasteiger partial charge in [0.25, 0.3) is 11.5 Å². The molecule has 11 nitrogen and oxygen atoms in total. The maximum Gasteiger partial charge on any atom is 0.343 e. The lowest BCUT2D eigenvalue weighted by molar-refractivity contribution is -0.172. The molecule has 3 aromatic heterocycles. The molecule has 0 fully saturated rings. The van der Waals surface area contributed by atoms with Crippen molar-refractivity contribution in [2.45, 2.75) is 44.6 Å². The Morgan fingerprint density at radius 1 is 1.21 bits per heavy atom. The van der Waals surface area contributed by atoms with E-state index in [9.17, 15) is 19.5 Å². The van der Waals surface area contributed by atoms with Gasteiger partial charge in [-0.15, -0.1) is 0 Å². The van der Waals surface area contributed by atoms with Gasteiger partial charge in [-0.25, -0.2) is 15.2 Å². The number of amides is 1. The van der Waals surface area contributed by atoms with Crippen molar-refractivity contribution in [3.63, 3.8) is 0 Å². The predicted octanol–water partition coefficient (Wildman–Crippen LogP) is 2.58. The molecule has 1 amide bonds. The van der Waals surface area contributed by atoms with Crippen LogP contribution in [0.5, 0.6) is 0 Å².